The summed E-state index contributed by atoms with van der Waals surface area (Å²) in [6.07, 6.45) is 0. The minimum Gasteiger partial charge on any atom is -0.293 e. The van der Waals surface area contributed by atoms with Gasteiger partial charge in [0.2, 0.25) is 0 Å². The Morgan fingerprint density at radius 3 is 2.28 bits per heavy atom. The fourth-order valence-electron chi connectivity index (χ4n) is 3.40. The molecule has 5 heteroatoms. The summed E-state index contributed by atoms with van der Waals surface area (Å²) in [5.41, 5.74) is 3.96. The fraction of sp³-hybridized carbons (Fsp3) is 0.125. The third kappa shape index (κ3) is 3.74. The maximum atomic E-state index is 13.4. The predicted octanol–water partition coefficient (Wildman–Crippen LogP) is 4.98. The van der Waals surface area contributed by atoms with Gasteiger partial charge in [0.15, 0.2) is 10.9 Å². The number of carbonyl (C=O) groups excluding carboxylic acids is 1. The van der Waals surface area contributed by atoms with Crippen LogP contribution in [0.4, 0.5) is 0 Å². The van der Waals surface area contributed by atoms with Crippen molar-refractivity contribution in [3.05, 3.63) is 99.8 Å². The van der Waals surface area contributed by atoms with Crippen LogP contribution in [-0.4, -0.2) is 21.1 Å². The lowest BCUT2D eigenvalue weighted by Gasteiger charge is -2.17. The molecule has 0 bridgehead atoms. The molecule has 0 aliphatic rings. The number of benzene rings is 3. The second-order valence-electron chi connectivity index (χ2n) is 6.87. The van der Waals surface area contributed by atoms with Crippen LogP contribution in [0.1, 0.15) is 21.5 Å². The number of nitrogens with zero attached hydrogens (tertiary/aromatic N) is 2. The topological polar surface area (TPSA) is 52.0 Å². The van der Waals surface area contributed by atoms with Gasteiger partial charge in [0.25, 0.3) is 5.56 Å². The average molecular weight is 401 g/mol. The van der Waals surface area contributed by atoms with Crippen LogP contribution in [0, 0.1) is 13.8 Å². The van der Waals surface area contributed by atoms with Gasteiger partial charge in [0.05, 0.1) is 22.3 Å². The van der Waals surface area contributed by atoms with Crippen LogP contribution in [0.5, 0.6) is 0 Å². The Kier molecular flexibility index (Phi) is 5.32. The highest BCUT2D eigenvalue weighted by atomic mass is 32.2. The zero-order chi connectivity index (χ0) is 20.4. The first-order chi connectivity index (χ1) is 14.1. The number of hydrogen-bond acceptors (Lipinski definition) is 4. The number of carbonyl (C=O) groups is 1. The number of aryl methyl sites for hydroxylation is 2. The molecule has 29 heavy (non-hydrogen) atoms. The molecule has 144 valence electrons. The van der Waals surface area contributed by atoms with Crippen LogP contribution < -0.4 is 5.56 Å². The normalized spacial score (nSPS) is 11.0. The quantitative estimate of drug-likeness (QED) is 0.269. The number of rotatable bonds is 5. The largest absolute Gasteiger partial charge is 0.293 e. The number of ketones is 1. The highest BCUT2D eigenvalue weighted by Gasteiger charge is 2.17. The predicted molar refractivity (Wildman–Crippen MR) is 118 cm³/mol. The van der Waals surface area contributed by atoms with Gasteiger partial charge in [-0.15, -0.1) is 0 Å². The van der Waals surface area contributed by atoms with E-state index in [0.29, 0.717) is 21.6 Å². The molecule has 4 nitrogen and oxygen atoms in total. The van der Waals surface area contributed by atoms with Crippen molar-refractivity contribution in [1.29, 1.82) is 0 Å². The highest BCUT2D eigenvalue weighted by molar-refractivity contribution is 7.99. The Balaban J connectivity index is 1.84. The molecule has 1 heterocycles. The molecule has 0 aliphatic carbocycles. The average Bonchev–Trinajstić information content (AvgIpc) is 2.74. The minimum atomic E-state index is -0.123. The second kappa shape index (κ2) is 8.05. The van der Waals surface area contributed by atoms with E-state index in [2.05, 4.69) is 0 Å². The summed E-state index contributed by atoms with van der Waals surface area (Å²) in [6, 6.07) is 22.4. The van der Waals surface area contributed by atoms with E-state index in [4.69, 9.17) is 4.98 Å². The lowest BCUT2D eigenvalue weighted by Crippen LogP contribution is -2.23. The van der Waals surface area contributed by atoms with Crippen molar-refractivity contribution in [3.8, 4) is 5.69 Å². The molecule has 0 aliphatic heterocycles. The lowest BCUT2D eigenvalue weighted by atomic mass is 10.1. The zero-order valence-corrected chi connectivity index (χ0v) is 17.1. The molecular weight excluding hydrogens is 380 g/mol. The third-order valence-electron chi connectivity index (χ3n) is 4.84. The molecule has 0 unspecified atom stereocenters. The Morgan fingerprint density at radius 2 is 1.55 bits per heavy atom. The summed E-state index contributed by atoms with van der Waals surface area (Å²) in [6.45, 7) is 3.96. The van der Waals surface area contributed by atoms with Crippen molar-refractivity contribution in [2.24, 2.45) is 0 Å². The summed E-state index contributed by atoms with van der Waals surface area (Å²) < 4.78 is 1.65. The number of hydrogen-bond donors (Lipinski definition) is 0. The first-order valence-electron chi connectivity index (χ1n) is 9.35. The number of Topliss-reactive ketones (excluding diaryl/α,β-unsaturated/α-hetero) is 1. The fourth-order valence-corrected chi connectivity index (χ4v) is 4.30. The lowest BCUT2D eigenvalue weighted by molar-refractivity contribution is 0.102. The van der Waals surface area contributed by atoms with Crippen molar-refractivity contribution in [3.63, 3.8) is 0 Å². The van der Waals surface area contributed by atoms with Crippen molar-refractivity contribution < 1.29 is 4.79 Å². The van der Waals surface area contributed by atoms with Gasteiger partial charge < -0.3 is 0 Å². The number of aromatic nitrogens is 2. The van der Waals surface area contributed by atoms with E-state index in [1.54, 1.807) is 22.8 Å². The first kappa shape index (κ1) is 19.2. The van der Waals surface area contributed by atoms with E-state index in [0.717, 1.165) is 16.8 Å². The summed E-state index contributed by atoms with van der Waals surface area (Å²) in [7, 11) is 0. The van der Waals surface area contributed by atoms with E-state index < -0.39 is 0 Å². The molecule has 0 radical (unpaired) electrons. The van der Waals surface area contributed by atoms with Gasteiger partial charge in [-0.2, -0.15) is 0 Å². The summed E-state index contributed by atoms with van der Waals surface area (Å²) in [5, 5.41) is 1.09. The van der Waals surface area contributed by atoms with Crippen molar-refractivity contribution in [2.75, 3.05) is 5.75 Å². The summed E-state index contributed by atoms with van der Waals surface area (Å²) in [4.78, 5) is 30.7. The van der Waals surface area contributed by atoms with Crippen molar-refractivity contribution in [2.45, 2.75) is 19.0 Å². The van der Waals surface area contributed by atoms with Gasteiger partial charge in [0.1, 0.15) is 0 Å². The van der Waals surface area contributed by atoms with E-state index >= 15 is 0 Å². The third-order valence-corrected chi connectivity index (χ3v) is 5.77. The molecule has 0 spiro atoms. The molecule has 0 saturated heterocycles. The van der Waals surface area contributed by atoms with E-state index in [-0.39, 0.29) is 17.1 Å². The zero-order valence-electron chi connectivity index (χ0n) is 16.3. The molecule has 4 aromatic rings. The van der Waals surface area contributed by atoms with Crippen LogP contribution in [0.3, 0.4) is 0 Å². The number of para-hydroxylation sites is 2. The van der Waals surface area contributed by atoms with Crippen LogP contribution in [0.25, 0.3) is 16.6 Å². The Bertz CT molecular complexity index is 1240. The maximum absolute atomic E-state index is 13.4. The van der Waals surface area contributed by atoms with Crippen molar-refractivity contribution >= 4 is 28.4 Å². The van der Waals surface area contributed by atoms with E-state index in [9.17, 15) is 9.59 Å². The van der Waals surface area contributed by atoms with Gasteiger partial charge in [-0.1, -0.05) is 72.4 Å². The summed E-state index contributed by atoms with van der Waals surface area (Å²) >= 11 is 1.29. The smallest absolute Gasteiger partial charge is 0.266 e. The van der Waals surface area contributed by atoms with Crippen molar-refractivity contribution in [1.82, 2.24) is 9.55 Å². The molecule has 0 saturated carbocycles. The van der Waals surface area contributed by atoms with Crippen LogP contribution in [0.15, 0.2) is 82.7 Å². The van der Waals surface area contributed by atoms with Crippen LogP contribution >= 0.6 is 11.8 Å². The Hall–Kier alpha value is -3.18. The van der Waals surface area contributed by atoms with Gasteiger partial charge in [-0.3, -0.25) is 14.2 Å². The monoisotopic (exact) mass is 400 g/mol. The second-order valence-corrected chi connectivity index (χ2v) is 7.81. The van der Waals surface area contributed by atoms with Crippen LogP contribution in [-0.2, 0) is 0 Å². The van der Waals surface area contributed by atoms with Gasteiger partial charge in [-0.05, 0) is 37.1 Å². The van der Waals surface area contributed by atoms with E-state index in [1.807, 2.05) is 68.4 Å². The Morgan fingerprint density at radius 1 is 0.897 bits per heavy atom. The van der Waals surface area contributed by atoms with Crippen LogP contribution in [0.2, 0.25) is 0 Å². The van der Waals surface area contributed by atoms with Gasteiger partial charge in [0, 0.05) is 5.56 Å². The highest BCUT2D eigenvalue weighted by Crippen LogP contribution is 2.26. The number of fused-ring (bicyclic) bond motifs is 1. The minimum absolute atomic E-state index is 0.00561. The molecule has 4 rings (SSSR count). The molecule has 0 atom stereocenters. The molecular formula is C24H20N2O2S. The maximum Gasteiger partial charge on any atom is 0.266 e. The van der Waals surface area contributed by atoms with E-state index in [1.165, 1.54) is 11.8 Å². The molecule has 0 amide bonds. The molecule has 3 aromatic carbocycles. The standard InChI is InChI=1S/C24H20N2O2S/c1-16-9-8-10-17(2)22(16)26-23(28)19-13-6-7-14-20(19)25-24(26)29-15-21(27)18-11-4-3-5-12-18/h3-14H,15H2,1-2H3. The first-order valence-corrected chi connectivity index (χ1v) is 10.3. The molecule has 0 fully saturated rings. The molecule has 1 aromatic heterocycles. The number of thioether (sulfide) groups is 1. The van der Waals surface area contributed by atoms with Gasteiger partial charge in [-0.25, -0.2) is 4.98 Å². The summed E-state index contributed by atoms with van der Waals surface area (Å²) in [5.74, 6) is 0.214. The van der Waals surface area contributed by atoms with Gasteiger partial charge >= 0.3 is 0 Å². The SMILES string of the molecule is Cc1cccc(C)c1-n1c(SCC(=O)c2ccccc2)nc2ccccc2c1=O. The molecule has 0 N–H and O–H groups in total. The Labute approximate surface area is 173 Å².